The van der Waals surface area contributed by atoms with Gasteiger partial charge in [-0.05, 0) is 37.1 Å². The summed E-state index contributed by atoms with van der Waals surface area (Å²) >= 11 is 3.46. The van der Waals surface area contributed by atoms with Crippen molar-refractivity contribution in [3.8, 4) is 6.07 Å². The fourth-order valence-electron chi connectivity index (χ4n) is 1.73. The van der Waals surface area contributed by atoms with Crippen LogP contribution in [0, 0.1) is 25.2 Å². The Morgan fingerprint density at radius 3 is 2.79 bits per heavy atom. The van der Waals surface area contributed by atoms with Gasteiger partial charge in [-0.3, -0.25) is 0 Å². The van der Waals surface area contributed by atoms with Crippen molar-refractivity contribution in [1.29, 1.82) is 5.26 Å². The minimum absolute atomic E-state index is 0.376. The number of benzene rings is 1. The summed E-state index contributed by atoms with van der Waals surface area (Å²) in [5, 5.41) is 12.1. The quantitative estimate of drug-likeness (QED) is 0.943. The van der Waals surface area contributed by atoms with Crippen molar-refractivity contribution in [3.05, 3.63) is 51.4 Å². The van der Waals surface area contributed by atoms with Gasteiger partial charge in [0, 0.05) is 17.1 Å². The summed E-state index contributed by atoms with van der Waals surface area (Å²) in [6, 6.07) is 9.83. The standard InChI is InChI=1S/C14H13BrN4/c1-9-3-4-12(15)5-11(9)8-17-14-6-13(7-16)18-10(2)19-14/h3-6H,8H2,1-2H3,(H,17,18,19). The van der Waals surface area contributed by atoms with Crippen LogP contribution in [-0.2, 0) is 6.54 Å². The highest BCUT2D eigenvalue weighted by molar-refractivity contribution is 9.10. The van der Waals surface area contributed by atoms with Gasteiger partial charge in [-0.2, -0.15) is 5.26 Å². The number of nitrogens with zero attached hydrogens (tertiary/aromatic N) is 3. The van der Waals surface area contributed by atoms with Crippen molar-refractivity contribution in [2.75, 3.05) is 5.32 Å². The van der Waals surface area contributed by atoms with E-state index < -0.39 is 0 Å². The molecule has 4 nitrogen and oxygen atoms in total. The molecule has 1 aromatic carbocycles. The van der Waals surface area contributed by atoms with Gasteiger partial charge in [0.1, 0.15) is 23.4 Å². The van der Waals surface area contributed by atoms with E-state index in [1.165, 1.54) is 11.1 Å². The first-order valence-electron chi connectivity index (χ1n) is 5.83. The Kier molecular flexibility index (Phi) is 4.13. The summed E-state index contributed by atoms with van der Waals surface area (Å²) in [6.07, 6.45) is 0. The highest BCUT2D eigenvalue weighted by atomic mass is 79.9. The maximum atomic E-state index is 8.88. The number of anilines is 1. The minimum atomic E-state index is 0.376. The van der Waals surface area contributed by atoms with E-state index in [1.807, 2.05) is 12.1 Å². The van der Waals surface area contributed by atoms with Crippen molar-refractivity contribution in [2.24, 2.45) is 0 Å². The lowest BCUT2D eigenvalue weighted by molar-refractivity contribution is 1.01. The summed E-state index contributed by atoms with van der Waals surface area (Å²) in [5.41, 5.74) is 2.77. The number of aryl methyl sites for hydroxylation is 2. The largest absolute Gasteiger partial charge is 0.366 e. The van der Waals surface area contributed by atoms with E-state index in [4.69, 9.17) is 5.26 Å². The third kappa shape index (κ3) is 3.52. The molecule has 0 bridgehead atoms. The normalized spacial score (nSPS) is 10.0. The van der Waals surface area contributed by atoms with Crippen LogP contribution < -0.4 is 5.32 Å². The molecule has 0 atom stereocenters. The Labute approximate surface area is 120 Å². The monoisotopic (exact) mass is 316 g/mol. The molecule has 0 aliphatic rings. The van der Waals surface area contributed by atoms with Gasteiger partial charge in [-0.15, -0.1) is 0 Å². The Hall–Kier alpha value is -1.93. The molecule has 0 aliphatic carbocycles. The van der Waals surface area contributed by atoms with Crippen molar-refractivity contribution < 1.29 is 0 Å². The zero-order valence-corrected chi connectivity index (χ0v) is 12.3. The van der Waals surface area contributed by atoms with E-state index >= 15 is 0 Å². The third-order valence-electron chi connectivity index (χ3n) is 2.72. The first-order valence-corrected chi connectivity index (χ1v) is 6.62. The van der Waals surface area contributed by atoms with Gasteiger partial charge in [-0.25, -0.2) is 9.97 Å². The molecule has 5 heteroatoms. The van der Waals surface area contributed by atoms with Crippen LogP contribution in [0.5, 0.6) is 0 Å². The fourth-order valence-corrected chi connectivity index (χ4v) is 2.14. The van der Waals surface area contributed by atoms with E-state index in [2.05, 4.69) is 50.3 Å². The zero-order valence-electron chi connectivity index (χ0n) is 10.7. The molecule has 2 rings (SSSR count). The van der Waals surface area contributed by atoms with Crippen molar-refractivity contribution in [1.82, 2.24) is 9.97 Å². The molecule has 1 heterocycles. The topological polar surface area (TPSA) is 61.6 Å². The van der Waals surface area contributed by atoms with Gasteiger partial charge >= 0.3 is 0 Å². The number of hydrogen-bond acceptors (Lipinski definition) is 4. The molecule has 0 spiro atoms. The first kappa shape index (κ1) is 13.5. The number of hydrogen-bond donors (Lipinski definition) is 1. The van der Waals surface area contributed by atoms with E-state index in [-0.39, 0.29) is 0 Å². The van der Waals surface area contributed by atoms with Crippen LogP contribution >= 0.6 is 15.9 Å². The van der Waals surface area contributed by atoms with Crippen LogP contribution in [0.1, 0.15) is 22.6 Å². The maximum absolute atomic E-state index is 8.88. The lowest BCUT2D eigenvalue weighted by Gasteiger charge is -2.09. The van der Waals surface area contributed by atoms with E-state index in [9.17, 15) is 0 Å². The highest BCUT2D eigenvalue weighted by Gasteiger charge is 2.03. The molecule has 0 saturated carbocycles. The van der Waals surface area contributed by atoms with Gasteiger partial charge < -0.3 is 5.32 Å². The Morgan fingerprint density at radius 1 is 1.26 bits per heavy atom. The molecule has 0 unspecified atom stereocenters. The average molecular weight is 317 g/mol. The molecule has 0 saturated heterocycles. The average Bonchev–Trinajstić information content (AvgIpc) is 2.39. The van der Waals surface area contributed by atoms with Crippen molar-refractivity contribution in [3.63, 3.8) is 0 Å². The minimum Gasteiger partial charge on any atom is -0.366 e. The Balaban J connectivity index is 2.17. The number of nitrogens with one attached hydrogen (secondary N) is 1. The lowest BCUT2D eigenvalue weighted by Crippen LogP contribution is -2.05. The van der Waals surface area contributed by atoms with Crippen molar-refractivity contribution in [2.45, 2.75) is 20.4 Å². The van der Waals surface area contributed by atoms with Gasteiger partial charge in [0.2, 0.25) is 0 Å². The SMILES string of the molecule is Cc1nc(C#N)cc(NCc2cc(Br)ccc2C)n1. The summed E-state index contributed by atoms with van der Waals surface area (Å²) in [5.74, 6) is 1.26. The fraction of sp³-hybridized carbons (Fsp3) is 0.214. The van der Waals surface area contributed by atoms with E-state index in [0.717, 1.165) is 4.47 Å². The molecule has 0 fully saturated rings. The molecule has 0 radical (unpaired) electrons. The summed E-state index contributed by atoms with van der Waals surface area (Å²) in [6.45, 7) is 4.50. The smallest absolute Gasteiger partial charge is 0.146 e. The second-order valence-corrected chi connectivity index (χ2v) is 5.14. The number of halogens is 1. The maximum Gasteiger partial charge on any atom is 0.146 e. The van der Waals surface area contributed by atoms with Crippen LogP contribution in [0.15, 0.2) is 28.7 Å². The van der Waals surface area contributed by atoms with Crippen LogP contribution in [0.4, 0.5) is 5.82 Å². The molecular weight excluding hydrogens is 304 g/mol. The zero-order chi connectivity index (χ0) is 13.8. The molecule has 1 aromatic heterocycles. The Bertz CT molecular complexity index is 646. The molecular formula is C14H13BrN4. The van der Waals surface area contributed by atoms with Crippen LogP contribution in [-0.4, -0.2) is 9.97 Å². The predicted octanol–water partition coefficient (Wildman–Crippen LogP) is 3.34. The summed E-state index contributed by atoms with van der Waals surface area (Å²) < 4.78 is 1.05. The summed E-state index contributed by atoms with van der Waals surface area (Å²) in [7, 11) is 0. The first-order chi connectivity index (χ1) is 9.08. The van der Waals surface area contributed by atoms with Gasteiger partial charge in [0.15, 0.2) is 0 Å². The van der Waals surface area contributed by atoms with Crippen LogP contribution in [0.25, 0.3) is 0 Å². The van der Waals surface area contributed by atoms with Gasteiger partial charge in [-0.1, -0.05) is 22.0 Å². The number of rotatable bonds is 3. The second-order valence-electron chi connectivity index (χ2n) is 4.22. The number of aromatic nitrogens is 2. The van der Waals surface area contributed by atoms with E-state index in [0.29, 0.717) is 23.9 Å². The third-order valence-corrected chi connectivity index (χ3v) is 3.22. The molecule has 0 amide bonds. The molecule has 96 valence electrons. The van der Waals surface area contributed by atoms with E-state index in [1.54, 1.807) is 13.0 Å². The number of nitriles is 1. The van der Waals surface area contributed by atoms with Crippen LogP contribution in [0.2, 0.25) is 0 Å². The lowest BCUT2D eigenvalue weighted by atomic mass is 10.1. The summed E-state index contributed by atoms with van der Waals surface area (Å²) in [4.78, 5) is 8.28. The molecule has 2 aromatic rings. The Morgan fingerprint density at radius 2 is 2.05 bits per heavy atom. The highest BCUT2D eigenvalue weighted by Crippen LogP contribution is 2.17. The molecule has 1 N–H and O–H groups in total. The molecule has 19 heavy (non-hydrogen) atoms. The van der Waals surface area contributed by atoms with Crippen LogP contribution in [0.3, 0.4) is 0 Å². The van der Waals surface area contributed by atoms with Gasteiger partial charge in [0.25, 0.3) is 0 Å². The predicted molar refractivity (Wildman–Crippen MR) is 77.7 cm³/mol. The second kappa shape index (κ2) is 5.81. The van der Waals surface area contributed by atoms with Crippen molar-refractivity contribution >= 4 is 21.7 Å². The molecule has 0 aliphatic heterocycles. The van der Waals surface area contributed by atoms with Gasteiger partial charge in [0.05, 0.1) is 0 Å².